The summed E-state index contributed by atoms with van der Waals surface area (Å²) in [5.41, 5.74) is 2.62. The van der Waals surface area contributed by atoms with Crippen molar-refractivity contribution in [2.45, 2.75) is 27.3 Å². The summed E-state index contributed by atoms with van der Waals surface area (Å²) in [5, 5.41) is 0. The van der Waals surface area contributed by atoms with E-state index >= 15 is 0 Å². The molecule has 0 bridgehead atoms. The Labute approximate surface area is 123 Å². The average molecular weight is 288 g/mol. The first-order valence-electron chi connectivity index (χ1n) is 6.84. The third-order valence-electron chi connectivity index (χ3n) is 3.49. The summed E-state index contributed by atoms with van der Waals surface area (Å²) in [5.74, 6) is 0.760. The Morgan fingerprint density at radius 3 is 2.57 bits per heavy atom. The molecule has 2 aromatic heterocycles. The lowest BCUT2D eigenvalue weighted by Crippen LogP contribution is -2.26. The maximum Gasteiger partial charge on any atom is 0.193 e. The number of aromatic amines is 1. The zero-order chi connectivity index (χ0) is 15.6. The van der Waals surface area contributed by atoms with E-state index in [2.05, 4.69) is 4.98 Å². The Balaban J connectivity index is 2.10. The van der Waals surface area contributed by atoms with Crippen LogP contribution in [0.2, 0.25) is 0 Å². The standard InChI is InChI=1S/C16H20N2O3/c1-10-15(12(3)19)11(2)17-16(10)14(20)9-18(4)8-13-6-5-7-21-13/h5-7,17H,8-9H2,1-4H3. The van der Waals surface area contributed by atoms with E-state index in [1.54, 1.807) is 13.2 Å². The number of nitrogens with one attached hydrogen (secondary N) is 1. The second kappa shape index (κ2) is 6.10. The smallest absolute Gasteiger partial charge is 0.193 e. The summed E-state index contributed by atoms with van der Waals surface area (Å²) < 4.78 is 5.26. The van der Waals surface area contributed by atoms with Gasteiger partial charge < -0.3 is 9.40 Å². The van der Waals surface area contributed by atoms with Gasteiger partial charge in [-0.15, -0.1) is 0 Å². The van der Waals surface area contributed by atoms with Crippen molar-refractivity contribution in [1.29, 1.82) is 0 Å². The lowest BCUT2D eigenvalue weighted by Gasteiger charge is -2.13. The number of ketones is 2. The zero-order valence-electron chi connectivity index (χ0n) is 12.8. The Morgan fingerprint density at radius 1 is 1.33 bits per heavy atom. The second-order valence-corrected chi connectivity index (χ2v) is 5.36. The van der Waals surface area contributed by atoms with Gasteiger partial charge in [-0.3, -0.25) is 14.5 Å². The molecule has 0 aromatic carbocycles. The van der Waals surface area contributed by atoms with E-state index in [9.17, 15) is 9.59 Å². The molecule has 0 aliphatic rings. The first-order valence-corrected chi connectivity index (χ1v) is 6.84. The highest BCUT2D eigenvalue weighted by Gasteiger charge is 2.20. The number of rotatable bonds is 6. The van der Waals surface area contributed by atoms with Crippen LogP contribution in [0.15, 0.2) is 22.8 Å². The van der Waals surface area contributed by atoms with Gasteiger partial charge in [0, 0.05) is 11.3 Å². The number of carbonyl (C=O) groups is 2. The van der Waals surface area contributed by atoms with Gasteiger partial charge in [-0.25, -0.2) is 0 Å². The van der Waals surface area contributed by atoms with E-state index < -0.39 is 0 Å². The molecule has 0 radical (unpaired) electrons. The minimum Gasteiger partial charge on any atom is -0.468 e. The highest BCUT2D eigenvalue weighted by atomic mass is 16.3. The molecular formula is C16H20N2O3. The molecule has 0 spiro atoms. The van der Waals surface area contributed by atoms with Crippen molar-refractivity contribution in [1.82, 2.24) is 9.88 Å². The molecule has 0 fully saturated rings. The predicted molar refractivity (Wildman–Crippen MR) is 79.6 cm³/mol. The molecule has 21 heavy (non-hydrogen) atoms. The van der Waals surface area contributed by atoms with E-state index in [1.807, 2.05) is 31.0 Å². The van der Waals surface area contributed by atoms with Crippen LogP contribution >= 0.6 is 0 Å². The van der Waals surface area contributed by atoms with Gasteiger partial charge in [-0.1, -0.05) is 0 Å². The molecule has 1 N–H and O–H groups in total. The summed E-state index contributed by atoms with van der Waals surface area (Å²) in [6.45, 7) is 5.96. The van der Waals surface area contributed by atoms with Crippen molar-refractivity contribution in [3.8, 4) is 0 Å². The molecule has 0 unspecified atom stereocenters. The van der Waals surface area contributed by atoms with Crippen LogP contribution in [0, 0.1) is 13.8 Å². The lowest BCUT2D eigenvalue weighted by molar-refractivity contribution is 0.0934. The Hall–Kier alpha value is -2.14. The van der Waals surface area contributed by atoms with Crippen molar-refractivity contribution in [2.24, 2.45) is 0 Å². The van der Waals surface area contributed by atoms with Gasteiger partial charge in [0.25, 0.3) is 0 Å². The van der Waals surface area contributed by atoms with Crippen molar-refractivity contribution in [3.63, 3.8) is 0 Å². The first-order chi connectivity index (χ1) is 9.90. The van der Waals surface area contributed by atoms with E-state index in [1.165, 1.54) is 6.92 Å². The van der Waals surface area contributed by atoms with Crippen LogP contribution in [0.4, 0.5) is 0 Å². The van der Waals surface area contributed by atoms with Crippen molar-refractivity contribution < 1.29 is 14.0 Å². The number of aromatic nitrogens is 1. The van der Waals surface area contributed by atoms with E-state index in [0.717, 1.165) is 17.0 Å². The van der Waals surface area contributed by atoms with Crippen LogP contribution in [0.1, 0.15) is 44.8 Å². The molecule has 2 heterocycles. The minimum atomic E-state index is -0.0304. The largest absolute Gasteiger partial charge is 0.468 e. The highest BCUT2D eigenvalue weighted by molar-refractivity contribution is 6.03. The number of likely N-dealkylation sites (N-methyl/N-ethyl adjacent to an activating group) is 1. The third kappa shape index (κ3) is 3.31. The van der Waals surface area contributed by atoms with Gasteiger partial charge in [0.1, 0.15) is 5.76 Å². The molecule has 0 saturated heterocycles. The molecule has 2 aromatic rings. The molecule has 0 aliphatic heterocycles. The first kappa shape index (κ1) is 15.3. The number of hydrogen-bond acceptors (Lipinski definition) is 4. The summed E-state index contributed by atoms with van der Waals surface area (Å²) in [4.78, 5) is 28.9. The fourth-order valence-electron chi connectivity index (χ4n) is 2.61. The highest BCUT2D eigenvalue weighted by Crippen LogP contribution is 2.19. The number of Topliss-reactive ketones (excluding diaryl/α,β-unsaturated/α-hetero) is 2. The molecule has 5 heteroatoms. The van der Waals surface area contributed by atoms with Gasteiger partial charge in [0.15, 0.2) is 11.6 Å². The third-order valence-corrected chi connectivity index (χ3v) is 3.49. The van der Waals surface area contributed by atoms with Crippen molar-refractivity contribution in [3.05, 3.63) is 46.7 Å². The van der Waals surface area contributed by atoms with Gasteiger partial charge in [0.2, 0.25) is 0 Å². The van der Waals surface area contributed by atoms with E-state index in [-0.39, 0.29) is 18.1 Å². The van der Waals surface area contributed by atoms with Crippen LogP contribution < -0.4 is 0 Å². The van der Waals surface area contributed by atoms with E-state index in [4.69, 9.17) is 4.42 Å². The Kier molecular flexibility index (Phi) is 4.43. The number of H-pyrrole nitrogens is 1. The number of hydrogen-bond donors (Lipinski definition) is 1. The topological polar surface area (TPSA) is 66.3 Å². The summed E-state index contributed by atoms with van der Waals surface area (Å²) in [7, 11) is 1.86. The maximum absolute atomic E-state index is 12.4. The average Bonchev–Trinajstić information content (AvgIpc) is 2.97. The molecule has 5 nitrogen and oxygen atoms in total. The van der Waals surface area contributed by atoms with Gasteiger partial charge in [-0.05, 0) is 45.5 Å². The van der Waals surface area contributed by atoms with Gasteiger partial charge in [0.05, 0.1) is 25.0 Å². The van der Waals surface area contributed by atoms with Crippen molar-refractivity contribution in [2.75, 3.05) is 13.6 Å². The number of furan rings is 1. The SMILES string of the molecule is CC(=O)c1c(C)[nH]c(C(=O)CN(C)Cc2ccco2)c1C. The molecular weight excluding hydrogens is 268 g/mol. The molecule has 0 amide bonds. The van der Waals surface area contributed by atoms with Gasteiger partial charge >= 0.3 is 0 Å². The fraction of sp³-hybridized carbons (Fsp3) is 0.375. The van der Waals surface area contributed by atoms with E-state index in [0.29, 0.717) is 17.8 Å². The maximum atomic E-state index is 12.4. The van der Waals surface area contributed by atoms with Crippen LogP contribution in [0.25, 0.3) is 0 Å². The molecule has 112 valence electrons. The molecule has 0 aliphatic carbocycles. The quantitative estimate of drug-likeness (QED) is 0.830. The van der Waals surface area contributed by atoms with Gasteiger partial charge in [-0.2, -0.15) is 0 Å². The normalized spacial score (nSPS) is 11.1. The molecule has 0 atom stereocenters. The number of carbonyl (C=O) groups excluding carboxylic acids is 2. The lowest BCUT2D eigenvalue weighted by atomic mass is 10.1. The monoisotopic (exact) mass is 288 g/mol. The minimum absolute atomic E-state index is 0.0239. The number of aryl methyl sites for hydroxylation is 1. The van der Waals surface area contributed by atoms with Crippen LogP contribution in [0.5, 0.6) is 0 Å². The van der Waals surface area contributed by atoms with Crippen molar-refractivity contribution >= 4 is 11.6 Å². The Bertz CT molecular complexity index is 653. The fourth-order valence-corrected chi connectivity index (χ4v) is 2.61. The predicted octanol–water partition coefficient (Wildman–Crippen LogP) is 2.74. The van der Waals surface area contributed by atoms with Crippen LogP contribution in [0.3, 0.4) is 0 Å². The summed E-state index contributed by atoms with van der Waals surface area (Å²) in [6.07, 6.45) is 1.61. The van der Waals surface area contributed by atoms with Crippen LogP contribution in [-0.4, -0.2) is 35.0 Å². The summed E-state index contributed by atoms with van der Waals surface area (Å²) in [6, 6.07) is 3.70. The molecule has 2 rings (SSSR count). The summed E-state index contributed by atoms with van der Waals surface area (Å²) >= 11 is 0. The zero-order valence-corrected chi connectivity index (χ0v) is 12.8. The molecule has 0 saturated carbocycles. The second-order valence-electron chi connectivity index (χ2n) is 5.36. The Morgan fingerprint density at radius 2 is 2.05 bits per heavy atom. The number of nitrogens with zero attached hydrogens (tertiary/aromatic N) is 1. The van der Waals surface area contributed by atoms with Crippen LogP contribution in [-0.2, 0) is 6.54 Å².